The second-order valence-electron chi connectivity index (χ2n) is 4.58. The van der Waals surface area contributed by atoms with Crippen LogP contribution in [-0.4, -0.2) is 10.5 Å². The SMILES string of the molecule is CCCCn1cc2c3c(cccc31)C(=O)NC2. The zero-order valence-corrected chi connectivity index (χ0v) is 9.99. The molecule has 1 aliphatic heterocycles. The minimum absolute atomic E-state index is 0.0522. The van der Waals surface area contributed by atoms with E-state index in [2.05, 4.69) is 29.1 Å². The Hall–Kier alpha value is -1.77. The van der Waals surface area contributed by atoms with E-state index in [1.165, 1.54) is 23.9 Å². The third kappa shape index (κ3) is 1.54. The molecule has 3 heteroatoms. The molecule has 88 valence electrons. The van der Waals surface area contributed by atoms with E-state index < -0.39 is 0 Å². The van der Waals surface area contributed by atoms with Crippen LogP contribution in [0.2, 0.25) is 0 Å². The van der Waals surface area contributed by atoms with Crippen molar-refractivity contribution in [1.29, 1.82) is 0 Å². The molecule has 0 atom stereocenters. The van der Waals surface area contributed by atoms with Gasteiger partial charge in [0.1, 0.15) is 0 Å². The van der Waals surface area contributed by atoms with Gasteiger partial charge in [0.25, 0.3) is 5.91 Å². The molecule has 0 unspecified atom stereocenters. The van der Waals surface area contributed by atoms with E-state index >= 15 is 0 Å². The summed E-state index contributed by atoms with van der Waals surface area (Å²) in [6.45, 7) is 3.89. The summed E-state index contributed by atoms with van der Waals surface area (Å²) in [6.07, 6.45) is 4.55. The lowest BCUT2D eigenvalue weighted by Gasteiger charge is -2.12. The predicted octanol–water partition coefficient (Wildman–Crippen LogP) is 2.68. The van der Waals surface area contributed by atoms with E-state index in [4.69, 9.17) is 0 Å². The van der Waals surface area contributed by atoms with Crippen LogP contribution >= 0.6 is 0 Å². The third-order valence-corrected chi connectivity index (χ3v) is 3.42. The summed E-state index contributed by atoms with van der Waals surface area (Å²) in [5, 5.41) is 4.06. The molecule has 3 rings (SSSR count). The lowest BCUT2D eigenvalue weighted by atomic mass is 10.0. The smallest absolute Gasteiger partial charge is 0.252 e. The van der Waals surface area contributed by atoms with Crippen molar-refractivity contribution in [1.82, 2.24) is 9.88 Å². The lowest BCUT2D eigenvalue weighted by Crippen LogP contribution is -2.26. The van der Waals surface area contributed by atoms with Gasteiger partial charge in [-0.25, -0.2) is 0 Å². The Morgan fingerprint density at radius 3 is 3.12 bits per heavy atom. The van der Waals surface area contributed by atoms with Crippen molar-refractivity contribution in [2.75, 3.05) is 0 Å². The van der Waals surface area contributed by atoms with Crippen LogP contribution in [0, 0.1) is 0 Å². The number of nitrogens with one attached hydrogen (secondary N) is 1. The zero-order valence-electron chi connectivity index (χ0n) is 9.99. The van der Waals surface area contributed by atoms with E-state index in [-0.39, 0.29) is 5.91 Å². The largest absolute Gasteiger partial charge is 0.348 e. The number of aromatic nitrogens is 1. The molecule has 1 aromatic carbocycles. The van der Waals surface area contributed by atoms with Gasteiger partial charge in [-0.3, -0.25) is 4.79 Å². The summed E-state index contributed by atoms with van der Waals surface area (Å²) in [5.74, 6) is 0.0522. The number of aryl methyl sites for hydroxylation is 1. The van der Waals surface area contributed by atoms with Crippen LogP contribution in [0.3, 0.4) is 0 Å². The fraction of sp³-hybridized carbons (Fsp3) is 0.357. The minimum atomic E-state index is 0.0522. The number of amides is 1. The van der Waals surface area contributed by atoms with Gasteiger partial charge in [0.2, 0.25) is 0 Å². The molecule has 0 fully saturated rings. The highest BCUT2D eigenvalue weighted by molar-refractivity contribution is 6.09. The second kappa shape index (κ2) is 3.91. The molecule has 1 aromatic heterocycles. The van der Waals surface area contributed by atoms with Gasteiger partial charge in [0.15, 0.2) is 0 Å². The summed E-state index contributed by atoms with van der Waals surface area (Å²) in [7, 11) is 0. The molecule has 0 saturated heterocycles. The summed E-state index contributed by atoms with van der Waals surface area (Å²) < 4.78 is 2.28. The van der Waals surface area contributed by atoms with Crippen molar-refractivity contribution in [3.63, 3.8) is 0 Å². The number of hydrogen-bond donors (Lipinski definition) is 1. The highest BCUT2D eigenvalue weighted by Crippen LogP contribution is 2.28. The van der Waals surface area contributed by atoms with Gasteiger partial charge >= 0.3 is 0 Å². The maximum atomic E-state index is 11.8. The summed E-state index contributed by atoms with van der Waals surface area (Å²) in [4.78, 5) is 11.8. The standard InChI is InChI=1S/C14H16N2O/c1-2-3-7-16-9-10-8-15-14(17)11-5-4-6-12(16)13(10)11/h4-6,9H,2-3,7-8H2,1H3,(H,15,17). The average molecular weight is 228 g/mol. The average Bonchev–Trinajstić information content (AvgIpc) is 2.71. The van der Waals surface area contributed by atoms with Crippen molar-refractivity contribution in [3.8, 4) is 0 Å². The van der Waals surface area contributed by atoms with Crippen molar-refractivity contribution < 1.29 is 4.79 Å². The Labute approximate surface area is 100 Å². The van der Waals surface area contributed by atoms with E-state index in [1.807, 2.05) is 12.1 Å². The van der Waals surface area contributed by atoms with Gasteiger partial charge in [-0.1, -0.05) is 19.4 Å². The van der Waals surface area contributed by atoms with Crippen LogP contribution < -0.4 is 5.32 Å². The van der Waals surface area contributed by atoms with Crippen LogP contribution in [0.25, 0.3) is 10.9 Å². The van der Waals surface area contributed by atoms with Crippen LogP contribution in [0.5, 0.6) is 0 Å². The number of benzene rings is 1. The highest BCUT2D eigenvalue weighted by atomic mass is 16.1. The maximum Gasteiger partial charge on any atom is 0.252 e. The maximum absolute atomic E-state index is 11.8. The van der Waals surface area contributed by atoms with E-state index in [9.17, 15) is 4.79 Å². The molecule has 0 spiro atoms. The first kappa shape index (κ1) is 10.4. The number of carbonyl (C=O) groups is 1. The van der Waals surface area contributed by atoms with Crippen LogP contribution in [0.15, 0.2) is 24.4 Å². The highest BCUT2D eigenvalue weighted by Gasteiger charge is 2.20. The normalized spacial score (nSPS) is 14.1. The predicted molar refractivity (Wildman–Crippen MR) is 68.0 cm³/mol. The van der Waals surface area contributed by atoms with Crippen LogP contribution in [-0.2, 0) is 13.1 Å². The van der Waals surface area contributed by atoms with Gasteiger partial charge in [-0.15, -0.1) is 0 Å². The fourth-order valence-electron chi connectivity index (χ4n) is 2.55. The number of nitrogens with zero attached hydrogens (tertiary/aromatic N) is 1. The minimum Gasteiger partial charge on any atom is -0.348 e. The molecular formula is C14H16N2O. The Balaban J connectivity index is 2.19. The van der Waals surface area contributed by atoms with Crippen molar-refractivity contribution in [2.45, 2.75) is 32.9 Å². The summed E-state index contributed by atoms with van der Waals surface area (Å²) >= 11 is 0. The van der Waals surface area contributed by atoms with Gasteiger partial charge in [-0.2, -0.15) is 0 Å². The summed E-state index contributed by atoms with van der Waals surface area (Å²) in [5.41, 5.74) is 3.26. The Morgan fingerprint density at radius 1 is 1.41 bits per heavy atom. The van der Waals surface area contributed by atoms with E-state index in [0.717, 1.165) is 17.5 Å². The number of rotatable bonds is 3. The molecule has 0 aliphatic carbocycles. The first-order valence-electron chi connectivity index (χ1n) is 6.20. The quantitative estimate of drug-likeness (QED) is 0.861. The van der Waals surface area contributed by atoms with Crippen molar-refractivity contribution in [2.24, 2.45) is 0 Å². The molecule has 0 bridgehead atoms. The lowest BCUT2D eigenvalue weighted by molar-refractivity contribution is 0.0949. The van der Waals surface area contributed by atoms with Crippen LogP contribution in [0.1, 0.15) is 35.7 Å². The van der Waals surface area contributed by atoms with Gasteiger partial charge in [0.05, 0.1) is 0 Å². The number of hydrogen-bond acceptors (Lipinski definition) is 1. The fourth-order valence-corrected chi connectivity index (χ4v) is 2.55. The first-order chi connectivity index (χ1) is 8.31. The van der Waals surface area contributed by atoms with Gasteiger partial charge in [-0.05, 0) is 24.1 Å². The molecule has 17 heavy (non-hydrogen) atoms. The van der Waals surface area contributed by atoms with Gasteiger partial charge < -0.3 is 9.88 Å². The molecule has 0 saturated carbocycles. The van der Waals surface area contributed by atoms with Gasteiger partial charge in [0, 0.05) is 35.8 Å². The molecule has 1 N–H and O–H groups in total. The Kier molecular flexibility index (Phi) is 2.39. The van der Waals surface area contributed by atoms with E-state index in [1.54, 1.807) is 0 Å². The molecule has 2 aromatic rings. The van der Waals surface area contributed by atoms with Crippen molar-refractivity contribution in [3.05, 3.63) is 35.5 Å². The second-order valence-corrected chi connectivity index (χ2v) is 4.58. The molecular weight excluding hydrogens is 212 g/mol. The number of carbonyl (C=O) groups excluding carboxylic acids is 1. The Morgan fingerprint density at radius 2 is 2.29 bits per heavy atom. The van der Waals surface area contributed by atoms with E-state index in [0.29, 0.717) is 6.54 Å². The molecule has 3 nitrogen and oxygen atoms in total. The van der Waals surface area contributed by atoms with Crippen LogP contribution in [0.4, 0.5) is 0 Å². The number of unbranched alkanes of at least 4 members (excludes halogenated alkanes) is 1. The topological polar surface area (TPSA) is 34.0 Å². The molecule has 1 amide bonds. The monoisotopic (exact) mass is 228 g/mol. The Bertz CT molecular complexity index is 583. The molecule has 0 radical (unpaired) electrons. The molecule has 1 aliphatic rings. The van der Waals surface area contributed by atoms with Crippen molar-refractivity contribution >= 4 is 16.8 Å². The summed E-state index contributed by atoms with van der Waals surface area (Å²) in [6, 6.07) is 5.98. The molecule has 2 heterocycles. The third-order valence-electron chi connectivity index (χ3n) is 3.42. The first-order valence-corrected chi connectivity index (χ1v) is 6.20. The zero-order chi connectivity index (χ0) is 11.8.